The highest BCUT2D eigenvalue weighted by Crippen LogP contribution is 2.33. The highest BCUT2D eigenvalue weighted by molar-refractivity contribution is 5.80. The minimum Gasteiger partial charge on any atom is -0.508 e. The van der Waals surface area contributed by atoms with Crippen LogP contribution >= 0.6 is 0 Å². The lowest BCUT2D eigenvalue weighted by Gasteiger charge is -2.27. The Morgan fingerprint density at radius 3 is 3.00 bits per heavy atom. The molecule has 102 valence electrons. The molecule has 0 aromatic heterocycles. The van der Waals surface area contributed by atoms with Gasteiger partial charge in [-0.1, -0.05) is 18.2 Å². The van der Waals surface area contributed by atoms with Gasteiger partial charge in [-0.05, 0) is 25.3 Å². The Kier molecular flexibility index (Phi) is 3.19. The van der Waals surface area contributed by atoms with E-state index < -0.39 is 0 Å². The fourth-order valence-electron chi connectivity index (χ4n) is 3.51. The van der Waals surface area contributed by atoms with Crippen molar-refractivity contribution in [1.29, 1.82) is 0 Å². The van der Waals surface area contributed by atoms with E-state index in [1.807, 2.05) is 17.0 Å². The van der Waals surface area contributed by atoms with E-state index >= 15 is 0 Å². The van der Waals surface area contributed by atoms with Crippen LogP contribution in [0, 0.1) is 5.92 Å². The van der Waals surface area contributed by atoms with Crippen LogP contribution in [0.3, 0.4) is 0 Å². The summed E-state index contributed by atoms with van der Waals surface area (Å²) in [6.45, 7) is 4.05. The predicted octanol–water partition coefficient (Wildman–Crippen LogP) is 1.14. The summed E-state index contributed by atoms with van der Waals surface area (Å²) in [6.07, 6.45) is 1.38. The van der Waals surface area contributed by atoms with Crippen molar-refractivity contribution in [3.63, 3.8) is 0 Å². The van der Waals surface area contributed by atoms with E-state index in [1.165, 1.54) is 0 Å². The number of nitrogens with zero attached hydrogens (tertiary/aromatic N) is 1. The number of para-hydroxylation sites is 1. The molecule has 2 heterocycles. The van der Waals surface area contributed by atoms with Gasteiger partial charge in [-0.15, -0.1) is 0 Å². The van der Waals surface area contributed by atoms with Crippen molar-refractivity contribution in [1.82, 2.24) is 10.2 Å². The summed E-state index contributed by atoms with van der Waals surface area (Å²) in [5.41, 5.74) is 0.717. The van der Waals surface area contributed by atoms with Gasteiger partial charge < -0.3 is 15.3 Å². The number of phenolic OH excluding ortho intramolecular Hbond substituents is 1. The Bertz CT molecular complexity index is 489. The molecule has 2 aliphatic heterocycles. The van der Waals surface area contributed by atoms with Gasteiger partial charge in [0.2, 0.25) is 5.91 Å². The molecule has 3 atom stereocenters. The molecular formula is C15H20N2O2. The quantitative estimate of drug-likeness (QED) is 0.838. The molecule has 2 fully saturated rings. The van der Waals surface area contributed by atoms with Gasteiger partial charge in [-0.3, -0.25) is 4.79 Å². The number of carbonyl (C=O) groups is 1. The van der Waals surface area contributed by atoms with Crippen LogP contribution < -0.4 is 5.32 Å². The van der Waals surface area contributed by atoms with E-state index in [4.69, 9.17) is 0 Å². The standard InChI is InChI=1S/C15H20N2O2/c1-10-6-12-8-16-9-13(12)17(10)15(19)7-11-4-2-3-5-14(11)18/h2-5,10,12-13,16,18H,6-9H2,1H3. The normalized spacial score (nSPS) is 29.5. The van der Waals surface area contributed by atoms with Crippen molar-refractivity contribution >= 4 is 5.91 Å². The molecule has 4 nitrogen and oxygen atoms in total. The van der Waals surface area contributed by atoms with Gasteiger partial charge in [0, 0.05) is 30.7 Å². The van der Waals surface area contributed by atoms with Gasteiger partial charge >= 0.3 is 0 Å². The maximum Gasteiger partial charge on any atom is 0.227 e. The number of fused-ring (bicyclic) bond motifs is 1. The number of amides is 1. The first kappa shape index (κ1) is 12.5. The van der Waals surface area contributed by atoms with E-state index in [9.17, 15) is 9.90 Å². The first-order valence-electron chi connectivity index (χ1n) is 6.95. The second kappa shape index (κ2) is 4.85. The molecule has 1 amide bonds. The Labute approximate surface area is 113 Å². The SMILES string of the molecule is CC1CC2CNCC2N1C(=O)Cc1ccccc1O. The molecule has 1 aromatic rings. The third-order valence-corrected chi connectivity index (χ3v) is 4.40. The molecule has 19 heavy (non-hydrogen) atoms. The summed E-state index contributed by atoms with van der Waals surface area (Å²) >= 11 is 0. The topological polar surface area (TPSA) is 52.6 Å². The van der Waals surface area contributed by atoms with E-state index in [1.54, 1.807) is 12.1 Å². The maximum atomic E-state index is 12.5. The van der Waals surface area contributed by atoms with Gasteiger partial charge in [-0.2, -0.15) is 0 Å². The number of hydrogen-bond acceptors (Lipinski definition) is 3. The van der Waals surface area contributed by atoms with Crippen LogP contribution in [0.2, 0.25) is 0 Å². The molecule has 0 aliphatic carbocycles. The molecule has 0 saturated carbocycles. The zero-order valence-corrected chi connectivity index (χ0v) is 11.2. The highest BCUT2D eigenvalue weighted by atomic mass is 16.3. The highest BCUT2D eigenvalue weighted by Gasteiger charge is 2.43. The zero-order chi connectivity index (χ0) is 13.4. The van der Waals surface area contributed by atoms with Crippen LogP contribution in [0.1, 0.15) is 18.9 Å². The van der Waals surface area contributed by atoms with Gasteiger partial charge in [-0.25, -0.2) is 0 Å². The summed E-state index contributed by atoms with van der Waals surface area (Å²) in [5, 5.41) is 13.1. The van der Waals surface area contributed by atoms with Crippen LogP contribution in [0.5, 0.6) is 5.75 Å². The monoisotopic (exact) mass is 260 g/mol. The fourth-order valence-corrected chi connectivity index (χ4v) is 3.51. The lowest BCUT2D eigenvalue weighted by Crippen LogP contribution is -2.43. The number of aromatic hydroxyl groups is 1. The number of benzene rings is 1. The Morgan fingerprint density at radius 1 is 1.42 bits per heavy atom. The third-order valence-electron chi connectivity index (χ3n) is 4.40. The van der Waals surface area contributed by atoms with Crippen molar-refractivity contribution in [3.05, 3.63) is 29.8 Å². The number of likely N-dealkylation sites (tertiary alicyclic amines) is 1. The van der Waals surface area contributed by atoms with E-state index in [2.05, 4.69) is 12.2 Å². The summed E-state index contributed by atoms with van der Waals surface area (Å²) in [5.74, 6) is 0.942. The molecule has 0 radical (unpaired) electrons. The summed E-state index contributed by atoms with van der Waals surface area (Å²) in [6, 6.07) is 7.74. The maximum absolute atomic E-state index is 12.5. The molecule has 2 N–H and O–H groups in total. The van der Waals surface area contributed by atoms with Crippen LogP contribution in [-0.4, -0.2) is 41.1 Å². The molecule has 3 unspecified atom stereocenters. The smallest absolute Gasteiger partial charge is 0.227 e. The molecule has 0 spiro atoms. The molecule has 2 saturated heterocycles. The molecule has 0 bridgehead atoms. The Morgan fingerprint density at radius 2 is 2.21 bits per heavy atom. The number of nitrogens with one attached hydrogen (secondary N) is 1. The second-order valence-corrected chi connectivity index (χ2v) is 5.68. The summed E-state index contributed by atoms with van der Waals surface area (Å²) in [4.78, 5) is 14.5. The first-order chi connectivity index (χ1) is 9.16. The minimum absolute atomic E-state index is 0.130. The van der Waals surface area contributed by atoms with Crippen LogP contribution in [-0.2, 0) is 11.2 Å². The summed E-state index contributed by atoms with van der Waals surface area (Å²) < 4.78 is 0. The van der Waals surface area contributed by atoms with Crippen LogP contribution in [0.15, 0.2) is 24.3 Å². The Hall–Kier alpha value is -1.55. The average molecular weight is 260 g/mol. The lowest BCUT2D eigenvalue weighted by molar-refractivity contribution is -0.133. The number of phenols is 1. The number of rotatable bonds is 2. The van der Waals surface area contributed by atoms with E-state index in [0.29, 0.717) is 30.0 Å². The third kappa shape index (κ3) is 2.21. The average Bonchev–Trinajstić information content (AvgIpc) is 2.91. The van der Waals surface area contributed by atoms with Crippen molar-refractivity contribution < 1.29 is 9.90 Å². The van der Waals surface area contributed by atoms with Crippen LogP contribution in [0.4, 0.5) is 0 Å². The van der Waals surface area contributed by atoms with Crippen molar-refractivity contribution in [2.24, 2.45) is 5.92 Å². The van der Waals surface area contributed by atoms with Gasteiger partial charge in [0.25, 0.3) is 0 Å². The predicted molar refractivity (Wildman–Crippen MR) is 72.9 cm³/mol. The second-order valence-electron chi connectivity index (χ2n) is 5.68. The molecule has 2 aliphatic rings. The van der Waals surface area contributed by atoms with Gasteiger partial charge in [0.05, 0.1) is 6.42 Å². The lowest BCUT2D eigenvalue weighted by atomic mass is 10.0. The first-order valence-corrected chi connectivity index (χ1v) is 6.95. The fraction of sp³-hybridized carbons (Fsp3) is 0.533. The molecule has 1 aromatic carbocycles. The van der Waals surface area contributed by atoms with Crippen LogP contribution in [0.25, 0.3) is 0 Å². The van der Waals surface area contributed by atoms with Crippen molar-refractivity contribution in [3.8, 4) is 5.75 Å². The molecule has 4 heteroatoms. The summed E-state index contributed by atoms with van der Waals surface area (Å²) in [7, 11) is 0. The molecular weight excluding hydrogens is 240 g/mol. The van der Waals surface area contributed by atoms with Gasteiger partial charge in [0.1, 0.15) is 5.75 Å². The Balaban J connectivity index is 1.75. The molecule has 3 rings (SSSR count). The van der Waals surface area contributed by atoms with Crippen molar-refractivity contribution in [2.45, 2.75) is 31.8 Å². The van der Waals surface area contributed by atoms with E-state index in [-0.39, 0.29) is 11.7 Å². The van der Waals surface area contributed by atoms with E-state index in [0.717, 1.165) is 19.5 Å². The zero-order valence-electron chi connectivity index (χ0n) is 11.2. The van der Waals surface area contributed by atoms with Crippen molar-refractivity contribution in [2.75, 3.05) is 13.1 Å². The number of hydrogen-bond donors (Lipinski definition) is 2. The minimum atomic E-state index is 0.130. The van der Waals surface area contributed by atoms with Gasteiger partial charge in [0.15, 0.2) is 0 Å². The number of carbonyl (C=O) groups excluding carboxylic acids is 1. The largest absolute Gasteiger partial charge is 0.508 e.